The highest BCUT2D eigenvalue weighted by Gasteiger charge is 2.44. The van der Waals surface area contributed by atoms with Crippen molar-refractivity contribution in [2.75, 3.05) is 39.0 Å². The second kappa shape index (κ2) is 12.7. The minimum atomic E-state index is -1.25. The van der Waals surface area contributed by atoms with Gasteiger partial charge in [-0.15, -0.1) is 5.06 Å². The van der Waals surface area contributed by atoms with Crippen LogP contribution in [0.1, 0.15) is 53.2 Å². The molecule has 1 aromatic heterocycles. The van der Waals surface area contributed by atoms with Crippen LogP contribution in [0, 0.1) is 29.0 Å². The van der Waals surface area contributed by atoms with E-state index in [0.717, 1.165) is 56.0 Å². The Kier molecular flexibility index (Phi) is 8.60. The number of ether oxygens (including phenoxy) is 1. The molecule has 3 heterocycles. The van der Waals surface area contributed by atoms with E-state index in [1.807, 2.05) is 24.3 Å². The lowest BCUT2D eigenvalue weighted by Gasteiger charge is -2.36. The number of nitriles is 1. The topological polar surface area (TPSA) is 159 Å². The van der Waals surface area contributed by atoms with Gasteiger partial charge in [-0.2, -0.15) is 10.4 Å². The van der Waals surface area contributed by atoms with E-state index in [9.17, 15) is 19.2 Å². The number of nitrogens with two attached hydrogens (primary N) is 1. The second-order valence-corrected chi connectivity index (χ2v) is 12.0. The van der Waals surface area contributed by atoms with E-state index in [4.69, 9.17) is 25.5 Å². The summed E-state index contributed by atoms with van der Waals surface area (Å²) >= 11 is 0. The molecule has 3 fully saturated rings. The largest absolute Gasteiger partial charge is 0.525 e. The first-order chi connectivity index (χ1) is 21.7. The van der Waals surface area contributed by atoms with Crippen LogP contribution >= 0.6 is 0 Å². The van der Waals surface area contributed by atoms with Crippen molar-refractivity contribution >= 4 is 17.9 Å². The molecule has 0 radical (unpaired) electrons. The molecule has 2 aliphatic heterocycles. The van der Waals surface area contributed by atoms with Crippen molar-refractivity contribution in [3.63, 3.8) is 0 Å². The number of nitrogens with zero attached hydrogens (tertiary/aromatic N) is 5. The molecule has 0 spiro atoms. The van der Waals surface area contributed by atoms with Gasteiger partial charge < -0.3 is 30.6 Å². The molecule has 3 aliphatic rings. The first-order valence-electron chi connectivity index (χ1n) is 15.1. The number of fused-ring (bicyclic) bond motifs is 1. The number of carbonyl (C=O) groups excluding carboxylic acids is 1. The van der Waals surface area contributed by atoms with E-state index in [1.165, 1.54) is 19.2 Å². The third kappa shape index (κ3) is 6.29. The number of carbonyl (C=O) groups is 2. The number of benzene rings is 2. The highest BCUT2D eigenvalue weighted by Crippen LogP contribution is 2.42. The van der Waals surface area contributed by atoms with Crippen LogP contribution in [0.2, 0.25) is 0 Å². The first kappa shape index (κ1) is 30.4. The average Bonchev–Trinajstić information content (AvgIpc) is 3.71. The summed E-state index contributed by atoms with van der Waals surface area (Å²) in [5, 5.41) is 28.0. The molecule has 1 saturated carbocycles. The number of piperidine rings is 1. The number of hydrogen-bond acceptors (Lipinski definition) is 9. The van der Waals surface area contributed by atoms with Crippen LogP contribution in [0.4, 0.5) is 15.0 Å². The van der Waals surface area contributed by atoms with E-state index in [2.05, 4.69) is 16.3 Å². The van der Waals surface area contributed by atoms with E-state index >= 15 is 0 Å². The van der Waals surface area contributed by atoms with Crippen molar-refractivity contribution in [2.24, 2.45) is 11.8 Å². The highest BCUT2D eigenvalue weighted by molar-refractivity contribution is 5.96. The fraction of sp³-hybridized carbons (Fsp3) is 0.438. The smallest absolute Gasteiger partial charge is 0.496 e. The van der Waals surface area contributed by atoms with Gasteiger partial charge in [0.25, 0.3) is 5.91 Å². The SMILES string of the molecule is COc1ccc(F)cc1C(=O)NCc1ccc(-c2nn(C3CCN(C4C[C@@H]5CN(OC(=O)O)C[C@@H]5C4)CC3)c(N)c2C#N)cc1. The number of hydroxylamine groups is 2. The maximum atomic E-state index is 13.7. The van der Waals surface area contributed by atoms with Gasteiger partial charge in [0.2, 0.25) is 0 Å². The van der Waals surface area contributed by atoms with Crippen molar-refractivity contribution in [1.29, 1.82) is 5.26 Å². The average molecular weight is 618 g/mol. The van der Waals surface area contributed by atoms with Crippen LogP contribution in [-0.4, -0.2) is 76.2 Å². The standard InChI is InChI=1S/C32H36FN7O5/c1-44-28-7-6-23(33)14-26(28)31(41)36-16-19-2-4-20(5-3-19)29-27(15-34)30(35)40(37-29)24-8-10-38(11-9-24)25-12-21-17-39(45-32(42)43)18-22(21)13-25/h2-7,14,21-22,24-25H,8-13,16-18,35H2,1H3,(H,36,41)(H,42,43)/t21-,22+,25?. The summed E-state index contributed by atoms with van der Waals surface area (Å²) in [5.74, 6) is 0.577. The fourth-order valence-electron chi connectivity index (χ4n) is 7.16. The molecule has 4 N–H and O–H groups in total. The predicted molar refractivity (Wildman–Crippen MR) is 161 cm³/mol. The monoisotopic (exact) mass is 617 g/mol. The minimum Gasteiger partial charge on any atom is -0.496 e. The Morgan fingerprint density at radius 1 is 1.11 bits per heavy atom. The fourth-order valence-corrected chi connectivity index (χ4v) is 7.16. The van der Waals surface area contributed by atoms with E-state index in [0.29, 0.717) is 48.0 Å². The summed E-state index contributed by atoms with van der Waals surface area (Å²) in [4.78, 5) is 30.9. The number of methoxy groups -OCH3 is 1. The molecule has 45 heavy (non-hydrogen) atoms. The lowest BCUT2D eigenvalue weighted by atomic mass is 10.0. The minimum absolute atomic E-state index is 0.0803. The maximum Gasteiger partial charge on any atom is 0.525 e. The Hall–Kier alpha value is -4.67. The van der Waals surface area contributed by atoms with Crippen molar-refractivity contribution in [3.05, 3.63) is 65.0 Å². The number of likely N-dealkylation sites (tertiary alicyclic amines) is 1. The van der Waals surface area contributed by atoms with Crippen LogP contribution in [0.5, 0.6) is 5.75 Å². The summed E-state index contributed by atoms with van der Waals surface area (Å²) in [6.45, 7) is 3.35. The van der Waals surface area contributed by atoms with Gasteiger partial charge >= 0.3 is 6.16 Å². The number of halogens is 1. The Labute approximate surface area is 260 Å². The quantitative estimate of drug-likeness (QED) is 0.337. The zero-order chi connectivity index (χ0) is 31.7. The molecule has 13 heteroatoms. The number of anilines is 1. The molecule has 6 rings (SSSR count). The number of rotatable bonds is 8. The zero-order valence-electron chi connectivity index (χ0n) is 25.0. The van der Waals surface area contributed by atoms with Crippen LogP contribution < -0.4 is 15.8 Å². The number of nitrogen functional groups attached to an aromatic ring is 1. The van der Waals surface area contributed by atoms with Crippen LogP contribution in [0.3, 0.4) is 0 Å². The summed E-state index contributed by atoms with van der Waals surface area (Å²) in [6, 6.07) is 14.0. The molecular weight excluding hydrogens is 581 g/mol. The van der Waals surface area contributed by atoms with Crippen LogP contribution in [0.25, 0.3) is 11.3 Å². The summed E-state index contributed by atoms with van der Waals surface area (Å²) < 4.78 is 20.7. The van der Waals surface area contributed by atoms with Crippen molar-refractivity contribution in [2.45, 2.75) is 44.3 Å². The number of amides is 1. The van der Waals surface area contributed by atoms with Gasteiger partial charge in [0.1, 0.15) is 34.7 Å². The highest BCUT2D eigenvalue weighted by atomic mass is 19.1. The first-order valence-corrected chi connectivity index (χ1v) is 15.1. The maximum absolute atomic E-state index is 13.7. The van der Waals surface area contributed by atoms with Crippen LogP contribution in [-0.2, 0) is 11.4 Å². The lowest BCUT2D eigenvalue weighted by Crippen LogP contribution is -2.41. The molecule has 3 aromatic rings. The van der Waals surface area contributed by atoms with Gasteiger partial charge in [0.15, 0.2) is 0 Å². The molecule has 0 bridgehead atoms. The van der Waals surface area contributed by atoms with E-state index < -0.39 is 17.9 Å². The molecule has 2 saturated heterocycles. The molecule has 12 nitrogen and oxygen atoms in total. The molecule has 236 valence electrons. The molecule has 2 aromatic carbocycles. The van der Waals surface area contributed by atoms with Gasteiger partial charge in [-0.25, -0.2) is 13.9 Å². The summed E-state index contributed by atoms with van der Waals surface area (Å²) in [7, 11) is 1.42. The summed E-state index contributed by atoms with van der Waals surface area (Å²) in [6.07, 6.45) is 2.56. The third-order valence-electron chi connectivity index (χ3n) is 9.41. The molecule has 1 amide bonds. The zero-order valence-corrected chi connectivity index (χ0v) is 25.0. The van der Waals surface area contributed by atoms with E-state index in [-0.39, 0.29) is 23.9 Å². The lowest BCUT2D eigenvalue weighted by molar-refractivity contribution is -0.108. The van der Waals surface area contributed by atoms with Gasteiger partial charge in [-0.3, -0.25) is 4.79 Å². The van der Waals surface area contributed by atoms with Gasteiger partial charge in [0, 0.05) is 44.3 Å². The van der Waals surface area contributed by atoms with Crippen LogP contribution in [0.15, 0.2) is 42.5 Å². The Bertz CT molecular complexity index is 1600. The van der Waals surface area contributed by atoms with Gasteiger partial charge in [-0.1, -0.05) is 24.3 Å². The Balaban J connectivity index is 1.06. The van der Waals surface area contributed by atoms with Crippen molar-refractivity contribution in [3.8, 4) is 23.1 Å². The number of nitrogens with one attached hydrogen (secondary N) is 1. The Morgan fingerprint density at radius 2 is 1.80 bits per heavy atom. The van der Waals surface area contributed by atoms with Gasteiger partial charge in [0.05, 0.1) is 18.7 Å². The predicted octanol–water partition coefficient (Wildman–Crippen LogP) is 4.04. The molecule has 3 atom stereocenters. The summed E-state index contributed by atoms with van der Waals surface area (Å²) in [5.41, 5.74) is 9.01. The number of carboxylic acid groups (broad SMARTS) is 1. The third-order valence-corrected chi connectivity index (χ3v) is 9.41. The van der Waals surface area contributed by atoms with E-state index in [1.54, 1.807) is 9.75 Å². The number of hydrogen-bond donors (Lipinski definition) is 3. The second-order valence-electron chi connectivity index (χ2n) is 12.0. The molecule has 1 unspecified atom stereocenters. The molecular formula is C32H36FN7O5. The normalized spacial score (nSPS) is 22.1. The molecule has 1 aliphatic carbocycles. The Morgan fingerprint density at radius 3 is 2.42 bits per heavy atom. The van der Waals surface area contributed by atoms with Gasteiger partial charge in [-0.05, 0) is 61.3 Å². The van der Waals surface area contributed by atoms with Crippen molar-refractivity contribution in [1.82, 2.24) is 25.1 Å². The van der Waals surface area contributed by atoms with Crippen molar-refractivity contribution < 1.29 is 28.7 Å². The number of aromatic nitrogens is 2.